The number of amides is 2. The van der Waals surface area contributed by atoms with Crippen molar-refractivity contribution in [2.75, 3.05) is 43.0 Å². The van der Waals surface area contributed by atoms with Crippen LogP contribution >= 0.6 is 12.2 Å². The Morgan fingerprint density at radius 1 is 1.21 bits per heavy atom. The van der Waals surface area contributed by atoms with Crippen LogP contribution in [-0.2, 0) is 15.8 Å². The maximum absolute atomic E-state index is 15.0. The smallest absolute Gasteiger partial charge is 0.355 e. The van der Waals surface area contributed by atoms with Crippen LogP contribution in [0.2, 0.25) is 0 Å². The van der Waals surface area contributed by atoms with E-state index in [-0.39, 0.29) is 11.8 Å². The van der Waals surface area contributed by atoms with E-state index in [9.17, 15) is 22.8 Å². The molecule has 0 spiro atoms. The maximum atomic E-state index is 15.0. The Balaban J connectivity index is 1.72. The molecule has 2 heterocycles. The minimum Gasteiger partial charge on any atom is -0.355 e. The normalized spacial score (nSPS) is 14.2. The van der Waals surface area contributed by atoms with Gasteiger partial charge in [-0.05, 0) is 70.0 Å². The van der Waals surface area contributed by atoms with Crippen LogP contribution in [0.1, 0.15) is 50.4 Å². The van der Waals surface area contributed by atoms with Crippen molar-refractivity contribution in [1.29, 1.82) is 5.26 Å². The van der Waals surface area contributed by atoms with Gasteiger partial charge < -0.3 is 20.0 Å². The fraction of sp³-hybridized carbons (Fsp3) is 0.433. The number of hydrogen-bond acceptors (Lipinski definition) is 6. The highest BCUT2D eigenvalue weighted by atomic mass is 32.1. The number of thiocarbonyl (C=S) groups is 1. The molecule has 0 saturated carbocycles. The lowest BCUT2D eigenvalue weighted by atomic mass is 9.97. The number of benzene rings is 1. The number of pyridine rings is 1. The van der Waals surface area contributed by atoms with Gasteiger partial charge in [-0.15, -0.1) is 0 Å². The van der Waals surface area contributed by atoms with E-state index < -0.39 is 40.3 Å². The second-order valence-electron chi connectivity index (χ2n) is 10.6. The molecule has 228 valence electrons. The molecule has 0 bridgehead atoms. The van der Waals surface area contributed by atoms with Gasteiger partial charge in [-0.1, -0.05) is 18.1 Å². The third-order valence-electron chi connectivity index (χ3n) is 7.24. The highest BCUT2D eigenvalue weighted by molar-refractivity contribution is 7.79. The first kappa shape index (κ1) is 33.4. The molecule has 1 aliphatic rings. The number of likely N-dealkylation sites (N-methyl/N-ethyl adjacent to an activating group) is 1. The van der Waals surface area contributed by atoms with Gasteiger partial charge in [-0.2, -0.15) is 18.4 Å². The predicted molar refractivity (Wildman–Crippen MR) is 159 cm³/mol. The summed E-state index contributed by atoms with van der Waals surface area (Å²) in [6, 6.07) is 6.48. The Bertz CT molecular complexity index is 1450. The summed E-state index contributed by atoms with van der Waals surface area (Å²) in [6.07, 6.45) is -1.85. The molecule has 1 fully saturated rings. The Morgan fingerprint density at radius 2 is 1.88 bits per heavy atom. The van der Waals surface area contributed by atoms with Gasteiger partial charge in [0, 0.05) is 33.0 Å². The Kier molecular flexibility index (Phi) is 10.8. The van der Waals surface area contributed by atoms with Crippen LogP contribution in [0.15, 0.2) is 30.5 Å². The van der Waals surface area contributed by atoms with E-state index >= 15 is 4.39 Å². The van der Waals surface area contributed by atoms with Gasteiger partial charge in [-0.3, -0.25) is 9.59 Å². The molecule has 1 aliphatic heterocycles. The zero-order valence-electron chi connectivity index (χ0n) is 24.3. The molecule has 0 radical (unpaired) electrons. The number of carbonyl (C=O) groups is 2. The zero-order valence-corrected chi connectivity index (χ0v) is 25.1. The van der Waals surface area contributed by atoms with Crippen LogP contribution in [0.5, 0.6) is 0 Å². The third kappa shape index (κ3) is 8.06. The first-order valence-corrected chi connectivity index (χ1v) is 13.9. The van der Waals surface area contributed by atoms with Crippen molar-refractivity contribution in [2.24, 2.45) is 5.92 Å². The summed E-state index contributed by atoms with van der Waals surface area (Å²) < 4.78 is 55.5. The second kappa shape index (κ2) is 13.9. The average Bonchev–Trinajstić information content (AvgIpc) is 2.95. The average molecular weight is 617 g/mol. The number of rotatable bonds is 8. The van der Waals surface area contributed by atoms with E-state index in [2.05, 4.69) is 27.0 Å². The first-order chi connectivity index (χ1) is 20.2. The molecule has 1 aromatic carbocycles. The quantitative estimate of drug-likeness (QED) is 0.265. The minimum absolute atomic E-state index is 0.0445. The number of anilines is 2. The van der Waals surface area contributed by atoms with E-state index in [1.807, 2.05) is 0 Å². The minimum atomic E-state index is -5.13. The summed E-state index contributed by atoms with van der Waals surface area (Å²) in [5.41, 5.74) is -2.55. The molecular formula is C30H32F4N6O2S. The van der Waals surface area contributed by atoms with E-state index in [0.717, 1.165) is 56.6 Å². The molecule has 1 N–H and O–H groups in total. The van der Waals surface area contributed by atoms with E-state index in [4.69, 9.17) is 17.5 Å². The summed E-state index contributed by atoms with van der Waals surface area (Å²) >= 11 is 5.16. The van der Waals surface area contributed by atoms with Crippen molar-refractivity contribution in [1.82, 2.24) is 15.2 Å². The first-order valence-electron chi connectivity index (χ1n) is 13.5. The summed E-state index contributed by atoms with van der Waals surface area (Å²) in [5, 5.41) is 11.8. The van der Waals surface area contributed by atoms with Gasteiger partial charge >= 0.3 is 6.18 Å². The number of halogens is 4. The number of nitrogens with one attached hydrogen (secondary N) is 1. The van der Waals surface area contributed by atoms with Gasteiger partial charge in [0.15, 0.2) is 5.82 Å². The van der Waals surface area contributed by atoms with E-state index in [0.29, 0.717) is 17.9 Å². The molecule has 3 rings (SSSR count). The van der Waals surface area contributed by atoms with Crippen LogP contribution in [0.4, 0.5) is 28.9 Å². The molecular weight excluding hydrogens is 584 g/mol. The number of aromatic nitrogens is 1. The monoisotopic (exact) mass is 616 g/mol. The molecule has 1 aromatic heterocycles. The van der Waals surface area contributed by atoms with Crippen LogP contribution in [0, 0.1) is 34.9 Å². The lowest BCUT2D eigenvalue weighted by Gasteiger charge is -2.38. The largest absolute Gasteiger partial charge is 0.420 e. The number of alkyl halides is 3. The highest BCUT2D eigenvalue weighted by Gasteiger charge is 2.41. The highest BCUT2D eigenvalue weighted by Crippen LogP contribution is 2.38. The van der Waals surface area contributed by atoms with E-state index in [1.165, 1.54) is 43.4 Å². The Labute approximate surface area is 253 Å². The SMILES string of the molecule is CC(=O)NCCN1CCC(C#Cc2ccc(N(C=S)C(C)(C)C(=O)N(C)c3ccc(C#N)c(C(F)(F)F)c3F)cn2)CC1. The molecule has 43 heavy (non-hydrogen) atoms. The van der Waals surface area contributed by atoms with Gasteiger partial charge in [0.1, 0.15) is 16.8 Å². The topological polar surface area (TPSA) is 92.6 Å². The molecule has 0 aliphatic carbocycles. The lowest BCUT2D eigenvalue weighted by molar-refractivity contribution is -0.140. The van der Waals surface area contributed by atoms with Crippen molar-refractivity contribution in [2.45, 2.75) is 45.3 Å². The molecule has 8 nitrogen and oxygen atoms in total. The standard InChI is InChI=1S/C30H32F4N6O2S/c1-20(41)36-13-16-39-14-11-21(12-15-39)5-7-23-8-9-24(18-37-23)40(19-43)29(2,3)28(42)38(4)25-10-6-22(17-35)26(27(25)31)30(32,33)34/h6,8-10,18-19,21H,11-16H2,1-4H3,(H,36,41). The number of nitrogens with zero attached hydrogens (tertiary/aromatic N) is 5. The van der Waals surface area contributed by atoms with Crippen LogP contribution in [0.3, 0.4) is 0 Å². The van der Waals surface area contributed by atoms with Gasteiger partial charge in [0.05, 0.1) is 34.7 Å². The number of likely N-dealkylation sites (tertiary alicyclic amines) is 1. The molecule has 0 atom stereocenters. The fourth-order valence-corrected chi connectivity index (χ4v) is 5.19. The van der Waals surface area contributed by atoms with E-state index in [1.54, 1.807) is 12.1 Å². The van der Waals surface area contributed by atoms with Crippen molar-refractivity contribution >= 4 is 40.9 Å². The number of piperidine rings is 1. The summed E-state index contributed by atoms with van der Waals surface area (Å²) in [5.74, 6) is 4.04. The van der Waals surface area contributed by atoms with Crippen molar-refractivity contribution in [3.63, 3.8) is 0 Å². The maximum Gasteiger partial charge on any atom is 0.420 e. The van der Waals surface area contributed by atoms with Crippen molar-refractivity contribution < 1.29 is 27.2 Å². The molecule has 1 saturated heterocycles. The second-order valence-corrected chi connectivity index (χ2v) is 10.8. The lowest BCUT2D eigenvalue weighted by Crippen LogP contribution is -2.55. The number of carbonyl (C=O) groups excluding carboxylic acids is 2. The third-order valence-corrected chi connectivity index (χ3v) is 7.45. The van der Waals surface area contributed by atoms with Crippen LogP contribution in [-0.4, -0.2) is 66.0 Å². The van der Waals surface area contributed by atoms with Crippen molar-refractivity contribution in [3.05, 3.63) is 53.1 Å². The molecule has 13 heteroatoms. The van der Waals surface area contributed by atoms with Gasteiger partial charge in [0.25, 0.3) is 5.91 Å². The summed E-state index contributed by atoms with van der Waals surface area (Å²) in [4.78, 5) is 33.4. The van der Waals surface area contributed by atoms with Gasteiger partial charge in [0.2, 0.25) is 5.91 Å². The van der Waals surface area contributed by atoms with Crippen LogP contribution in [0.25, 0.3) is 0 Å². The number of nitriles is 1. The Hall–Kier alpha value is -4.07. The Morgan fingerprint density at radius 3 is 2.42 bits per heavy atom. The summed E-state index contributed by atoms with van der Waals surface area (Å²) in [7, 11) is 1.15. The van der Waals surface area contributed by atoms with Gasteiger partial charge in [-0.25, -0.2) is 9.37 Å². The molecule has 2 amide bonds. The number of hydrogen-bond donors (Lipinski definition) is 1. The van der Waals surface area contributed by atoms with Crippen molar-refractivity contribution in [3.8, 4) is 17.9 Å². The fourth-order valence-electron chi connectivity index (χ4n) is 4.80. The zero-order chi connectivity index (χ0) is 31.9. The molecule has 2 aromatic rings. The predicted octanol–water partition coefficient (Wildman–Crippen LogP) is 4.52. The molecule has 0 unspecified atom stereocenters. The van der Waals surface area contributed by atoms with Crippen LogP contribution < -0.4 is 15.1 Å². The summed E-state index contributed by atoms with van der Waals surface area (Å²) in [6.45, 7) is 7.67.